The van der Waals surface area contributed by atoms with Gasteiger partial charge in [0.15, 0.2) is 0 Å². The highest BCUT2D eigenvalue weighted by atomic mass is 15.2. The predicted molar refractivity (Wildman–Crippen MR) is 85.2 cm³/mol. The lowest BCUT2D eigenvalue weighted by atomic mass is 10.0. The van der Waals surface area contributed by atoms with Gasteiger partial charge in [-0.15, -0.1) is 0 Å². The van der Waals surface area contributed by atoms with Gasteiger partial charge in [-0.2, -0.15) is 0 Å². The lowest BCUT2D eigenvalue weighted by Gasteiger charge is -2.36. The van der Waals surface area contributed by atoms with Gasteiger partial charge >= 0.3 is 0 Å². The summed E-state index contributed by atoms with van der Waals surface area (Å²) in [5, 5.41) is 4.85. The van der Waals surface area contributed by atoms with Gasteiger partial charge in [0.25, 0.3) is 0 Å². The maximum atomic E-state index is 4.58. The second kappa shape index (κ2) is 5.80. The average Bonchev–Trinajstić information content (AvgIpc) is 2.46. The van der Waals surface area contributed by atoms with Gasteiger partial charge in [-0.1, -0.05) is 32.0 Å². The molecule has 0 radical (unpaired) electrons. The first-order valence-corrected chi connectivity index (χ1v) is 7.55. The monoisotopic (exact) mass is 269 g/mol. The van der Waals surface area contributed by atoms with Crippen LogP contribution in [0.25, 0.3) is 10.9 Å². The van der Waals surface area contributed by atoms with Crippen LogP contribution in [-0.4, -0.2) is 30.7 Å². The quantitative estimate of drug-likeness (QED) is 0.928. The van der Waals surface area contributed by atoms with Gasteiger partial charge in [0.2, 0.25) is 0 Å². The van der Waals surface area contributed by atoms with Crippen LogP contribution >= 0.6 is 0 Å². The highest BCUT2D eigenvalue weighted by Crippen LogP contribution is 2.21. The summed E-state index contributed by atoms with van der Waals surface area (Å²) in [4.78, 5) is 7.04. The number of para-hydroxylation sites is 1. The highest BCUT2D eigenvalue weighted by molar-refractivity contribution is 5.81. The Morgan fingerprint density at radius 3 is 3.05 bits per heavy atom. The molecule has 1 aromatic carbocycles. The molecule has 1 atom stereocenters. The minimum atomic E-state index is 0.593. The molecule has 0 aliphatic carbocycles. The van der Waals surface area contributed by atoms with Crippen molar-refractivity contribution in [3.05, 3.63) is 36.5 Å². The zero-order chi connectivity index (χ0) is 13.9. The third kappa shape index (κ3) is 2.93. The molecule has 2 heterocycles. The summed E-state index contributed by atoms with van der Waals surface area (Å²) in [5.74, 6) is 0.738. The fourth-order valence-electron chi connectivity index (χ4n) is 3.02. The molecule has 0 amide bonds. The Morgan fingerprint density at radius 1 is 1.35 bits per heavy atom. The van der Waals surface area contributed by atoms with E-state index in [-0.39, 0.29) is 0 Å². The fourth-order valence-corrected chi connectivity index (χ4v) is 3.02. The number of fused-ring (bicyclic) bond motifs is 1. The van der Waals surface area contributed by atoms with Gasteiger partial charge in [-0.05, 0) is 24.5 Å². The summed E-state index contributed by atoms with van der Waals surface area (Å²) < 4.78 is 0. The van der Waals surface area contributed by atoms with E-state index in [0.29, 0.717) is 6.04 Å². The van der Waals surface area contributed by atoms with E-state index in [9.17, 15) is 0 Å². The van der Waals surface area contributed by atoms with Crippen LogP contribution in [-0.2, 0) is 0 Å². The summed E-state index contributed by atoms with van der Waals surface area (Å²) in [6.07, 6.45) is 3.25. The van der Waals surface area contributed by atoms with Crippen LogP contribution in [0.2, 0.25) is 0 Å². The molecule has 106 valence electrons. The van der Waals surface area contributed by atoms with Crippen molar-refractivity contribution in [1.29, 1.82) is 0 Å². The first-order chi connectivity index (χ1) is 9.72. The number of pyridine rings is 1. The van der Waals surface area contributed by atoms with E-state index in [2.05, 4.69) is 53.3 Å². The van der Waals surface area contributed by atoms with Crippen LogP contribution in [0.3, 0.4) is 0 Å². The zero-order valence-electron chi connectivity index (χ0n) is 12.3. The molecule has 3 heteroatoms. The third-order valence-corrected chi connectivity index (χ3v) is 3.95. The third-order valence-electron chi connectivity index (χ3n) is 3.95. The van der Waals surface area contributed by atoms with Crippen LogP contribution in [0.15, 0.2) is 36.5 Å². The summed E-state index contributed by atoms with van der Waals surface area (Å²) >= 11 is 0. The minimum Gasteiger partial charge on any atom is -0.367 e. The molecule has 1 aliphatic heterocycles. The Labute approximate surface area is 121 Å². The van der Waals surface area contributed by atoms with Crippen molar-refractivity contribution in [2.45, 2.75) is 26.3 Å². The molecule has 1 unspecified atom stereocenters. The summed E-state index contributed by atoms with van der Waals surface area (Å²) in [6.45, 7) is 7.79. The number of nitrogens with zero attached hydrogens (tertiary/aromatic N) is 2. The van der Waals surface area contributed by atoms with E-state index in [1.165, 1.54) is 17.5 Å². The Bertz CT molecular complexity index is 579. The summed E-state index contributed by atoms with van der Waals surface area (Å²) in [5.41, 5.74) is 2.32. The van der Waals surface area contributed by atoms with Gasteiger partial charge in [0.05, 0.1) is 17.4 Å². The van der Waals surface area contributed by atoms with Crippen molar-refractivity contribution >= 4 is 16.6 Å². The largest absolute Gasteiger partial charge is 0.367 e. The number of piperazine rings is 1. The fraction of sp³-hybridized carbons (Fsp3) is 0.471. The van der Waals surface area contributed by atoms with Gasteiger partial charge in [-0.25, -0.2) is 0 Å². The topological polar surface area (TPSA) is 28.2 Å². The van der Waals surface area contributed by atoms with Crippen molar-refractivity contribution < 1.29 is 0 Å². The molecule has 2 aromatic rings. The van der Waals surface area contributed by atoms with Crippen LogP contribution in [0, 0.1) is 5.92 Å². The lowest BCUT2D eigenvalue weighted by molar-refractivity contribution is 0.388. The van der Waals surface area contributed by atoms with E-state index < -0.39 is 0 Å². The summed E-state index contributed by atoms with van der Waals surface area (Å²) in [6, 6.07) is 11.2. The molecule has 0 saturated carbocycles. The minimum absolute atomic E-state index is 0.593. The Hall–Kier alpha value is -1.61. The Kier molecular flexibility index (Phi) is 3.88. The number of rotatable bonds is 3. The number of benzene rings is 1. The Morgan fingerprint density at radius 2 is 2.20 bits per heavy atom. The molecule has 1 aliphatic rings. The average molecular weight is 269 g/mol. The first-order valence-electron chi connectivity index (χ1n) is 7.55. The normalized spacial score (nSPS) is 19.8. The SMILES string of the molecule is CC(C)CC1CN(c2cnc3ccccc3c2)CCN1. The second-order valence-corrected chi connectivity index (χ2v) is 6.11. The highest BCUT2D eigenvalue weighted by Gasteiger charge is 2.20. The van der Waals surface area contributed by atoms with E-state index >= 15 is 0 Å². The molecule has 1 saturated heterocycles. The second-order valence-electron chi connectivity index (χ2n) is 6.11. The molecule has 0 bridgehead atoms. The van der Waals surface area contributed by atoms with Crippen LogP contribution in [0.5, 0.6) is 0 Å². The molecule has 0 spiro atoms. The van der Waals surface area contributed by atoms with E-state index in [1.54, 1.807) is 0 Å². The number of hydrogen-bond donors (Lipinski definition) is 1. The molecule has 1 fully saturated rings. The van der Waals surface area contributed by atoms with E-state index in [4.69, 9.17) is 0 Å². The van der Waals surface area contributed by atoms with Crippen molar-refractivity contribution in [1.82, 2.24) is 10.3 Å². The Balaban J connectivity index is 1.79. The van der Waals surface area contributed by atoms with Crippen molar-refractivity contribution in [3.63, 3.8) is 0 Å². The number of aromatic nitrogens is 1. The molecular formula is C17H23N3. The molecule has 1 N–H and O–H groups in total. The van der Waals surface area contributed by atoms with E-state index in [1.807, 2.05) is 12.3 Å². The lowest BCUT2D eigenvalue weighted by Crippen LogP contribution is -2.51. The van der Waals surface area contributed by atoms with Crippen molar-refractivity contribution in [3.8, 4) is 0 Å². The maximum absolute atomic E-state index is 4.58. The molecule has 3 rings (SSSR count). The van der Waals surface area contributed by atoms with Crippen LogP contribution in [0.4, 0.5) is 5.69 Å². The van der Waals surface area contributed by atoms with E-state index in [0.717, 1.165) is 31.1 Å². The molecule has 3 nitrogen and oxygen atoms in total. The predicted octanol–water partition coefficient (Wildman–Crippen LogP) is 3.06. The number of nitrogens with one attached hydrogen (secondary N) is 1. The zero-order valence-corrected chi connectivity index (χ0v) is 12.3. The first kappa shape index (κ1) is 13.4. The smallest absolute Gasteiger partial charge is 0.0703 e. The van der Waals surface area contributed by atoms with Gasteiger partial charge < -0.3 is 10.2 Å². The van der Waals surface area contributed by atoms with Crippen LogP contribution < -0.4 is 10.2 Å². The molecule has 20 heavy (non-hydrogen) atoms. The van der Waals surface area contributed by atoms with Gasteiger partial charge in [0.1, 0.15) is 0 Å². The molecular weight excluding hydrogens is 246 g/mol. The summed E-state index contributed by atoms with van der Waals surface area (Å²) in [7, 11) is 0. The number of hydrogen-bond acceptors (Lipinski definition) is 3. The standard InChI is InChI=1S/C17H23N3/c1-13(2)9-15-12-20(8-7-18-15)16-10-14-5-3-4-6-17(14)19-11-16/h3-6,10-11,13,15,18H,7-9,12H2,1-2H3. The van der Waals surface area contributed by atoms with Crippen molar-refractivity contribution in [2.24, 2.45) is 5.92 Å². The maximum Gasteiger partial charge on any atom is 0.0703 e. The van der Waals surface area contributed by atoms with Gasteiger partial charge in [0, 0.05) is 31.1 Å². The number of anilines is 1. The van der Waals surface area contributed by atoms with Crippen molar-refractivity contribution in [2.75, 3.05) is 24.5 Å². The van der Waals surface area contributed by atoms with Gasteiger partial charge in [-0.3, -0.25) is 4.98 Å². The van der Waals surface area contributed by atoms with Crippen LogP contribution in [0.1, 0.15) is 20.3 Å². The molecule has 1 aromatic heterocycles.